The lowest BCUT2D eigenvalue weighted by Gasteiger charge is -2.33. The highest BCUT2D eigenvalue weighted by atomic mass is 35.5. The average molecular weight is 841 g/mol. The molecule has 324 valence electrons. The Bertz CT molecular complexity index is 1820. The highest BCUT2D eigenvalue weighted by Gasteiger charge is 2.47. The van der Waals surface area contributed by atoms with Crippen molar-refractivity contribution in [2.75, 3.05) is 40.1 Å². The number of nitrogens with zero attached hydrogens (tertiary/aromatic N) is 1. The molecule has 2 heterocycles. The molecular weight excluding hydrogens is 780 g/mol. The molecule has 1 saturated heterocycles. The van der Waals surface area contributed by atoms with Gasteiger partial charge in [-0.25, -0.2) is 9.59 Å². The van der Waals surface area contributed by atoms with E-state index in [0.717, 1.165) is 24.8 Å². The lowest BCUT2D eigenvalue weighted by molar-refractivity contribution is -0.373. The molecular formula is C44H61ClN4O10. The minimum atomic E-state index is -1.20. The third-order valence-electron chi connectivity index (χ3n) is 10.6. The summed E-state index contributed by atoms with van der Waals surface area (Å²) >= 11 is 6.43. The maximum Gasteiger partial charge on any atom is 0.336 e. The normalized spacial score (nSPS) is 20.6. The Balaban J connectivity index is 0.000000311. The van der Waals surface area contributed by atoms with Crippen molar-refractivity contribution in [3.05, 3.63) is 93.3 Å². The maximum absolute atomic E-state index is 13.2. The van der Waals surface area contributed by atoms with Gasteiger partial charge in [0.05, 0.1) is 80.9 Å². The molecule has 1 aliphatic carbocycles. The number of fused-ring (bicyclic) bond motifs is 1. The first-order chi connectivity index (χ1) is 27.9. The Hall–Kier alpha value is -4.76. The number of amides is 1. The van der Waals surface area contributed by atoms with Crippen LogP contribution < -0.4 is 21.5 Å². The number of benzene rings is 2. The van der Waals surface area contributed by atoms with Gasteiger partial charge in [-0.2, -0.15) is 0 Å². The summed E-state index contributed by atoms with van der Waals surface area (Å²) < 4.78 is 21.1. The Labute approximate surface area is 352 Å². The number of aryl methyl sites for hydroxylation is 1. The molecule has 5 N–H and O–H groups in total. The largest absolute Gasteiger partial charge is 0.548 e. The molecule has 15 heteroatoms. The van der Waals surface area contributed by atoms with E-state index in [2.05, 4.69) is 16.4 Å². The molecule has 0 aromatic heterocycles. The second-order valence-electron chi connectivity index (χ2n) is 14.4. The molecule has 1 saturated carbocycles. The van der Waals surface area contributed by atoms with Crippen LogP contribution in [-0.4, -0.2) is 98.9 Å². The monoisotopic (exact) mass is 840 g/mol. The van der Waals surface area contributed by atoms with Crippen LogP contribution in [0.2, 0.25) is 5.02 Å². The number of carboxylic acids is 1. The number of quaternary nitrogens is 1. The number of likely N-dealkylation sites (tertiary alicyclic amines) is 1. The first-order valence-corrected chi connectivity index (χ1v) is 20.3. The highest BCUT2D eigenvalue weighted by Crippen LogP contribution is 2.43. The number of hydrogen-bond acceptors (Lipinski definition) is 12. The second kappa shape index (κ2) is 23.7. The number of methoxy groups -OCH3 is 1. The quantitative estimate of drug-likeness (QED) is 0.120. The zero-order chi connectivity index (χ0) is 42.4. The van der Waals surface area contributed by atoms with Gasteiger partial charge in [-0.1, -0.05) is 74.0 Å². The molecule has 2 aromatic rings. The maximum atomic E-state index is 13.2. The molecule has 3 aliphatic rings. The predicted octanol–water partition coefficient (Wildman–Crippen LogP) is 3.23. The van der Waals surface area contributed by atoms with Crippen molar-refractivity contribution in [1.82, 2.24) is 15.5 Å². The van der Waals surface area contributed by atoms with Crippen LogP contribution in [0.3, 0.4) is 0 Å². The van der Waals surface area contributed by atoms with Crippen LogP contribution >= 0.6 is 11.6 Å². The zero-order valence-corrected chi connectivity index (χ0v) is 34.8. The van der Waals surface area contributed by atoms with Gasteiger partial charge in [-0.05, 0) is 82.9 Å². The standard InChI is InChI=1S/C23H32N2O5.C20H25ClN2O5.CH4/c1-3-30-23(29)18(13-12-16-8-5-4-6-9-16)24-15(2)21(26)25-19-11-7-10-17(19)14-20(25)22(27)28;1-4-28-20(25)18-15(11-27-10-9-22)23-12(2)16(19(24)26-3)17(18)13-7-5-6-8-14(13)21;/h4-6,8-9,15,17-20,24H,3,7,10-14H2,1-2H3,(H,27,28);5-8,17,23H,4,9-11,22H2,1-3H3;1H4/t15-,17-,18-,19-,20-;;/m0../s1. The zero-order valence-electron chi connectivity index (χ0n) is 34.1. The minimum Gasteiger partial charge on any atom is -0.548 e. The fourth-order valence-electron chi connectivity index (χ4n) is 8.02. The van der Waals surface area contributed by atoms with E-state index in [4.69, 9.17) is 30.5 Å². The number of ether oxygens (including phenoxy) is 4. The Kier molecular flexibility index (Phi) is 19.6. The molecule has 6 atom stereocenters. The van der Waals surface area contributed by atoms with Gasteiger partial charge in [0.15, 0.2) is 0 Å². The van der Waals surface area contributed by atoms with Crippen LogP contribution in [0.25, 0.3) is 0 Å². The second-order valence-corrected chi connectivity index (χ2v) is 14.8. The molecule has 2 aliphatic heterocycles. The summed E-state index contributed by atoms with van der Waals surface area (Å²) in [5.41, 5.74) is 7.14. The van der Waals surface area contributed by atoms with E-state index in [1.807, 2.05) is 30.3 Å². The van der Waals surface area contributed by atoms with Crippen LogP contribution in [0.4, 0.5) is 0 Å². The van der Waals surface area contributed by atoms with Crippen molar-refractivity contribution in [1.29, 1.82) is 0 Å². The van der Waals surface area contributed by atoms with E-state index in [9.17, 15) is 29.1 Å². The van der Waals surface area contributed by atoms with Crippen molar-refractivity contribution >= 4 is 41.4 Å². The van der Waals surface area contributed by atoms with Crippen molar-refractivity contribution in [3.8, 4) is 0 Å². The smallest absolute Gasteiger partial charge is 0.336 e. The van der Waals surface area contributed by atoms with Crippen LogP contribution in [0, 0.1) is 5.92 Å². The summed E-state index contributed by atoms with van der Waals surface area (Å²) in [4.78, 5) is 64.3. The van der Waals surface area contributed by atoms with E-state index in [1.54, 1.807) is 52.0 Å². The number of allylic oxidation sites excluding steroid dienone is 1. The highest BCUT2D eigenvalue weighted by molar-refractivity contribution is 6.31. The topological polar surface area (TPSA) is 200 Å². The molecule has 1 unspecified atom stereocenters. The van der Waals surface area contributed by atoms with Gasteiger partial charge < -0.3 is 44.8 Å². The van der Waals surface area contributed by atoms with Gasteiger partial charge >= 0.3 is 17.9 Å². The van der Waals surface area contributed by atoms with E-state index < -0.39 is 47.9 Å². The number of carboxylic acid groups (broad SMARTS) is 1. The van der Waals surface area contributed by atoms with Crippen LogP contribution in [0.15, 0.2) is 77.1 Å². The minimum absolute atomic E-state index is 0. The molecule has 14 nitrogen and oxygen atoms in total. The van der Waals surface area contributed by atoms with Gasteiger partial charge in [0.1, 0.15) is 6.04 Å². The fraction of sp³-hybridized carbons (Fsp3) is 0.523. The molecule has 5 rings (SSSR count). The number of rotatable bonds is 17. The van der Waals surface area contributed by atoms with Crippen molar-refractivity contribution in [2.24, 2.45) is 5.92 Å². The Morgan fingerprint density at radius 3 is 2.29 bits per heavy atom. The van der Waals surface area contributed by atoms with Gasteiger partial charge in [0.2, 0.25) is 5.91 Å². The van der Waals surface area contributed by atoms with Crippen molar-refractivity contribution in [2.45, 2.75) is 104 Å². The number of hydrogen-bond donors (Lipinski definition) is 3. The first-order valence-electron chi connectivity index (χ1n) is 19.9. The third-order valence-corrected chi connectivity index (χ3v) is 11.0. The Morgan fingerprint density at radius 1 is 0.983 bits per heavy atom. The molecule has 2 aromatic carbocycles. The van der Waals surface area contributed by atoms with Crippen LogP contribution in [-0.2, 0) is 49.3 Å². The number of carbonyl (C=O) groups is 5. The molecule has 2 fully saturated rings. The van der Waals surface area contributed by atoms with E-state index in [0.29, 0.717) is 60.0 Å². The Morgan fingerprint density at radius 2 is 1.66 bits per heavy atom. The summed E-state index contributed by atoms with van der Waals surface area (Å²) in [5, 5.41) is 18.3. The number of halogens is 1. The first kappa shape index (κ1) is 48.6. The number of aliphatic carboxylic acids is 1. The van der Waals surface area contributed by atoms with Crippen molar-refractivity contribution in [3.63, 3.8) is 0 Å². The van der Waals surface area contributed by atoms with E-state index in [-0.39, 0.29) is 50.7 Å². The van der Waals surface area contributed by atoms with Gasteiger partial charge in [-0.15, -0.1) is 0 Å². The van der Waals surface area contributed by atoms with E-state index in [1.165, 1.54) is 12.0 Å². The summed E-state index contributed by atoms with van der Waals surface area (Å²) in [7, 11) is 1.30. The molecule has 59 heavy (non-hydrogen) atoms. The van der Waals surface area contributed by atoms with E-state index >= 15 is 0 Å². The number of dihydropyridines is 1. The summed E-state index contributed by atoms with van der Waals surface area (Å²) in [6.45, 7) is 8.54. The van der Waals surface area contributed by atoms with Crippen LogP contribution in [0.5, 0.6) is 0 Å². The number of nitrogens with one attached hydrogen (secondary N) is 2. The van der Waals surface area contributed by atoms with Gasteiger partial charge in [0.25, 0.3) is 0 Å². The van der Waals surface area contributed by atoms with Gasteiger partial charge in [0, 0.05) is 16.8 Å². The van der Waals surface area contributed by atoms with Gasteiger partial charge in [-0.3, -0.25) is 14.9 Å². The summed E-state index contributed by atoms with van der Waals surface area (Å²) in [6, 6.07) is 14.6. The lowest BCUT2D eigenvalue weighted by atomic mass is 9.80. The summed E-state index contributed by atoms with van der Waals surface area (Å²) in [5.74, 6) is -3.48. The third kappa shape index (κ3) is 12.4. The molecule has 0 radical (unpaired) electrons. The molecule has 0 spiro atoms. The average Bonchev–Trinajstić information content (AvgIpc) is 3.82. The molecule has 1 amide bonds. The predicted molar refractivity (Wildman–Crippen MR) is 220 cm³/mol. The fourth-order valence-corrected chi connectivity index (χ4v) is 8.26. The molecule has 0 bridgehead atoms. The summed E-state index contributed by atoms with van der Waals surface area (Å²) in [6.07, 6.45) is 4.37. The van der Waals surface area contributed by atoms with Crippen LogP contribution in [0.1, 0.15) is 84.3 Å². The van der Waals surface area contributed by atoms with Crippen molar-refractivity contribution < 1.29 is 53.8 Å². The lowest BCUT2D eigenvalue weighted by Crippen LogP contribution is -2.57. The number of carbonyl (C=O) groups excluding carboxylic acids is 5. The number of esters is 3. The SMILES string of the molecule is C.CCOC(=O)C1=C(COCC[NH3+])NC(C)=C(C(=O)OC)C1c1ccccc1Cl.CCOC(=O)[C@H](CCc1ccccc1)N[C@@H](C)C(=O)N1[C@H](C(=O)[O-])C[C@@H]2CCC[C@@H]21.